The zero-order chi connectivity index (χ0) is 17.2. The molecule has 0 fully saturated rings. The highest BCUT2D eigenvalue weighted by Crippen LogP contribution is 2.31. The van der Waals surface area contributed by atoms with E-state index in [1.807, 2.05) is 26.0 Å². The van der Waals surface area contributed by atoms with Gasteiger partial charge in [0.05, 0.1) is 18.1 Å². The Labute approximate surface area is 139 Å². The van der Waals surface area contributed by atoms with Crippen LogP contribution in [0.2, 0.25) is 0 Å². The van der Waals surface area contributed by atoms with Crippen LogP contribution >= 0.6 is 0 Å². The maximum absolute atomic E-state index is 11.5. The van der Waals surface area contributed by atoms with E-state index in [4.69, 9.17) is 4.52 Å². The number of rotatable bonds is 4. The van der Waals surface area contributed by atoms with Gasteiger partial charge < -0.3 is 9.26 Å². The third-order valence-corrected chi connectivity index (χ3v) is 3.91. The zero-order valence-corrected chi connectivity index (χ0v) is 13.7. The molecule has 3 aromatic rings. The van der Waals surface area contributed by atoms with Crippen LogP contribution in [0.25, 0.3) is 11.4 Å². The van der Waals surface area contributed by atoms with Crippen molar-refractivity contribution in [3.63, 3.8) is 0 Å². The molecule has 6 heteroatoms. The van der Waals surface area contributed by atoms with Gasteiger partial charge in [0.25, 0.3) is 0 Å². The molecule has 2 aromatic heterocycles. The Morgan fingerprint density at radius 2 is 1.92 bits per heavy atom. The van der Waals surface area contributed by atoms with Crippen LogP contribution in [-0.4, -0.2) is 28.2 Å². The van der Waals surface area contributed by atoms with E-state index in [1.165, 1.54) is 7.11 Å². The van der Waals surface area contributed by atoms with Gasteiger partial charge in [-0.05, 0) is 37.6 Å². The van der Waals surface area contributed by atoms with Gasteiger partial charge in [-0.2, -0.15) is 4.98 Å². The van der Waals surface area contributed by atoms with Crippen LogP contribution < -0.4 is 0 Å². The maximum Gasteiger partial charge on any atom is 0.337 e. The number of hydrogen-bond donors (Lipinski definition) is 0. The number of aromatic nitrogens is 3. The predicted molar refractivity (Wildman–Crippen MR) is 87.4 cm³/mol. The number of benzene rings is 1. The van der Waals surface area contributed by atoms with Crippen molar-refractivity contribution in [3.05, 3.63) is 65.8 Å². The minimum atomic E-state index is -0.453. The second-order valence-electron chi connectivity index (χ2n) is 5.86. The Morgan fingerprint density at radius 3 is 2.54 bits per heavy atom. The highest BCUT2D eigenvalue weighted by Gasteiger charge is 2.30. The van der Waals surface area contributed by atoms with Crippen molar-refractivity contribution in [3.8, 4) is 11.4 Å². The van der Waals surface area contributed by atoms with Crippen LogP contribution in [0.5, 0.6) is 0 Å². The van der Waals surface area contributed by atoms with Gasteiger partial charge in [0.1, 0.15) is 0 Å². The molecule has 6 nitrogen and oxygen atoms in total. The summed E-state index contributed by atoms with van der Waals surface area (Å²) in [5, 5.41) is 4.05. The fourth-order valence-electron chi connectivity index (χ4n) is 2.32. The first-order valence-corrected chi connectivity index (χ1v) is 7.46. The molecule has 0 aliphatic rings. The third-order valence-electron chi connectivity index (χ3n) is 3.91. The van der Waals surface area contributed by atoms with Gasteiger partial charge in [0.15, 0.2) is 0 Å². The van der Waals surface area contributed by atoms with Gasteiger partial charge in [0.2, 0.25) is 11.7 Å². The van der Waals surface area contributed by atoms with E-state index in [1.54, 1.807) is 36.7 Å². The van der Waals surface area contributed by atoms with Gasteiger partial charge in [-0.3, -0.25) is 4.98 Å². The number of esters is 1. The summed E-state index contributed by atoms with van der Waals surface area (Å²) in [4.78, 5) is 20.1. The Balaban J connectivity index is 1.89. The molecular weight excluding hydrogens is 306 g/mol. The summed E-state index contributed by atoms with van der Waals surface area (Å²) < 4.78 is 10.1. The number of pyridine rings is 1. The van der Waals surface area contributed by atoms with Crippen LogP contribution in [0.3, 0.4) is 0 Å². The quantitative estimate of drug-likeness (QED) is 0.686. The maximum atomic E-state index is 11.5. The molecule has 0 unspecified atom stereocenters. The number of methoxy groups -OCH3 is 1. The highest BCUT2D eigenvalue weighted by molar-refractivity contribution is 5.89. The third kappa shape index (κ3) is 2.90. The van der Waals surface area contributed by atoms with Gasteiger partial charge in [-0.25, -0.2) is 4.79 Å². The van der Waals surface area contributed by atoms with Crippen LogP contribution in [-0.2, 0) is 10.2 Å². The van der Waals surface area contributed by atoms with Crippen LogP contribution in [0.1, 0.15) is 35.7 Å². The van der Waals surface area contributed by atoms with Gasteiger partial charge in [-0.15, -0.1) is 0 Å². The number of hydrogen-bond acceptors (Lipinski definition) is 6. The number of carbonyl (C=O) groups is 1. The average Bonchev–Trinajstić information content (AvgIpc) is 3.13. The summed E-state index contributed by atoms with van der Waals surface area (Å²) in [7, 11) is 1.35. The molecule has 0 spiro atoms. The lowest BCUT2D eigenvalue weighted by atomic mass is 9.85. The van der Waals surface area contributed by atoms with Crippen molar-refractivity contribution < 1.29 is 14.1 Å². The molecule has 2 heterocycles. The molecule has 0 amide bonds. The summed E-state index contributed by atoms with van der Waals surface area (Å²) in [5.41, 5.74) is 1.77. The Bertz CT molecular complexity index is 839. The Kier molecular flexibility index (Phi) is 4.12. The van der Waals surface area contributed by atoms with Crippen molar-refractivity contribution in [2.24, 2.45) is 0 Å². The molecule has 0 saturated carbocycles. The molecule has 24 heavy (non-hydrogen) atoms. The van der Waals surface area contributed by atoms with Crippen molar-refractivity contribution in [2.45, 2.75) is 19.3 Å². The largest absolute Gasteiger partial charge is 0.465 e. The van der Waals surface area contributed by atoms with Crippen LogP contribution in [0.15, 0.2) is 53.3 Å². The summed E-state index contributed by atoms with van der Waals surface area (Å²) in [5.74, 6) is 0.592. The van der Waals surface area contributed by atoms with Crippen molar-refractivity contribution >= 4 is 5.97 Å². The lowest BCUT2D eigenvalue weighted by Crippen LogP contribution is -2.19. The van der Waals surface area contributed by atoms with E-state index in [-0.39, 0.29) is 5.97 Å². The van der Waals surface area contributed by atoms with E-state index in [0.717, 1.165) is 11.1 Å². The molecule has 1 aromatic carbocycles. The smallest absolute Gasteiger partial charge is 0.337 e. The second kappa shape index (κ2) is 6.23. The molecular formula is C18H17N3O3. The molecule has 0 radical (unpaired) electrons. The molecule has 0 aliphatic heterocycles. The number of ether oxygens (including phenoxy) is 1. The average molecular weight is 323 g/mol. The summed E-state index contributed by atoms with van der Waals surface area (Å²) in [6.45, 7) is 4.00. The standard InChI is InChI=1S/C18H17N3O3/c1-18(2,14-5-4-10-19-11-14)17-20-15(21-24-17)12-6-8-13(9-7-12)16(22)23-3/h4-11H,1-3H3. The first-order chi connectivity index (χ1) is 11.5. The van der Waals surface area contributed by atoms with Crippen molar-refractivity contribution in [1.29, 1.82) is 0 Å². The molecule has 0 N–H and O–H groups in total. The first-order valence-electron chi connectivity index (χ1n) is 7.46. The SMILES string of the molecule is COC(=O)c1ccc(-c2noc(C(C)(C)c3cccnc3)n2)cc1. The summed E-state index contributed by atoms with van der Waals surface area (Å²) in [6, 6.07) is 10.7. The van der Waals surface area contributed by atoms with Gasteiger partial charge >= 0.3 is 5.97 Å². The Morgan fingerprint density at radius 1 is 1.17 bits per heavy atom. The summed E-state index contributed by atoms with van der Waals surface area (Å²) >= 11 is 0. The Hall–Kier alpha value is -3.02. The monoisotopic (exact) mass is 323 g/mol. The normalized spacial score (nSPS) is 11.3. The predicted octanol–water partition coefficient (Wildman–Crippen LogP) is 3.24. The molecule has 0 aliphatic carbocycles. The van der Waals surface area contributed by atoms with Crippen molar-refractivity contribution in [2.75, 3.05) is 7.11 Å². The van der Waals surface area contributed by atoms with Gasteiger partial charge in [-0.1, -0.05) is 23.4 Å². The van der Waals surface area contributed by atoms with Crippen LogP contribution in [0.4, 0.5) is 0 Å². The van der Waals surface area contributed by atoms with E-state index in [2.05, 4.69) is 19.9 Å². The zero-order valence-electron chi connectivity index (χ0n) is 13.7. The first kappa shape index (κ1) is 15.9. The minimum Gasteiger partial charge on any atom is -0.465 e. The van der Waals surface area contributed by atoms with E-state index in [0.29, 0.717) is 17.3 Å². The summed E-state index contributed by atoms with van der Waals surface area (Å²) in [6.07, 6.45) is 3.51. The van der Waals surface area contributed by atoms with E-state index in [9.17, 15) is 4.79 Å². The fourth-order valence-corrected chi connectivity index (χ4v) is 2.32. The minimum absolute atomic E-state index is 0.381. The highest BCUT2D eigenvalue weighted by atomic mass is 16.5. The van der Waals surface area contributed by atoms with E-state index >= 15 is 0 Å². The number of carbonyl (C=O) groups excluding carboxylic acids is 1. The molecule has 0 bridgehead atoms. The van der Waals surface area contributed by atoms with Crippen molar-refractivity contribution in [1.82, 2.24) is 15.1 Å². The lowest BCUT2D eigenvalue weighted by Gasteiger charge is -2.19. The van der Waals surface area contributed by atoms with E-state index < -0.39 is 5.41 Å². The van der Waals surface area contributed by atoms with Crippen LogP contribution in [0, 0.1) is 0 Å². The lowest BCUT2D eigenvalue weighted by molar-refractivity contribution is 0.0601. The topological polar surface area (TPSA) is 78.1 Å². The molecule has 122 valence electrons. The second-order valence-corrected chi connectivity index (χ2v) is 5.86. The molecule has 3 rings (SSSR count). The van der Waals surface area contributed by atoms with Gasteiger partial charge in [0, 0.05) is 18.0 Å². The fraction of sp³-hybridized carbons (Fsp3) is 0.222. The molecule has 0 atom stereocenters. The molecule has 0 saturated heterocycles. The number of nitrogens with zero attached hydrogens (tertiary/aromatic N) is 3.